The second kappa shape index (κ2) is 11.2. The summed E-state index contributed by atoms with van der Waals surface area (Å²) in [5.41, 5.74) is 1.98. The SMILES string of the molecule is Cc1ccc(S(=O)(=O)OCCOCCCNc2ccc3c(c2)C(=O)N(C2CCC(=O)NC2=O)C3=O)cc1. The molecule has 0 saturated carbocycles. The van der Waals surface area contributed by atoms with Gasteiger partial charge in [-0.3, -0.25) is 33.6 Å². The van der Waals surface area contributed by atoms with Gasteiger partial charge in [0.15, 0.2) is 0 Å². The van der Waals surface area contributed by atoms with E-state index in [1.165, 1.54) is 18.2 Å². The lowest BCUT2D eigenvalue weighted by Gasteiger charge is -2.27. The Morgan fingerprint density at radius 1 is 0.973 bits per heavy atom. The van der Waals surface area contributed by atoms with Crippen LogP contribution in [0.3, 0.4) is 0 Å². The number of hydrogen-bond donors (Lipinski definition) is 2. The van der Waals surface area contributed by atoms with Gasteiger partial charge in [0, 0.05) is 25.3 Å². The molecule has 1 atom stereocenters. The van der Waals surface area contributed by atoms with E-state index in [1.54, 1.807) is 24.3 Å². The summed E-state index contributed by atoms with van der Waals surface area (Å²) < 4.78 is 34.7. The fourth-order valence-electron chi connectivity index (χ4n) is 4.07. The number of ether oxygens (including phenoxy) is 1. The molecule has 37 heavy (non-hydrogen) atoms. The molecule has 0 radical (unpaired) electrons. The lowest BCUT2D eigenvalue weighted by molar-refractivity contribution is -0.136. The van der Waals surface area contributed by atoms with E-state index in [0.29, 0.717) is 25.3 Å². The van der Waals surface area contributed by atoms with E-state index in [-0.39, 0.29) is 42.1 Å². The van der Waals surface area contributed by atoms with Crippen LogP contribution in [0.4, 0.5) is 5.69 Å². The average Bonchev–Trinajstić information content (AvgIpc) is 3.10. The fraction of sp³-hybridized carbons (Fsp3) is 0.360. The molecule has 1 fully saturated rings. The van der Waals surface area contributed by atoms with Gasteiger partial charge in [-0.25, -0.2) is 0 Å². The van der Waals surface area contributed by atoms with Gasteiger partial charge < -0.3 is 10.1 Å². The van der Waals surface area contributed by atoms with Crippen LogP contribution >= 0.6 is 0 Å². The number of rotatable bonds is 11. The van der Waals surface area contributed by atoms with Gasteiger partial charge in [0.25, 0.3) is 21.9 Å². The minimum Gasteiger partial charge on any atom is -0.385 e. The van der Waals surface area contributed by atoms with E-state index in [0.717, 1.165) is 10.5 Å². The number of aryl methyl sites for hydroxylation is 1. The van der Waals surface area contributed by atoms with Crippen molar-refractivity contribution in [2.45, 2.75) is 37.1 Å². The van der Waals surface area contributed by atoms with Crippen molar-refractivity contribution in [1.29, 1.82) is 0 Å². The third-order valence-electron chi connectivity index (χ3n) is 6.01. The van der Waals surface area contributed by atoms with Gasteiger partial charge >= 0.3 is 0 Å². The molecule has 196 valence electrons. The highest BCUT2D eigenvalue weighted by molar-refractivity contribution is 7.86. The zero-order valence-corrected chi connectivity index (χ0v) is 21.0. The van der Waals surface area contributed by atoms with E-state index in [2.05, 4.69) is 10.6 Å². The van der Waals surface area contributed by atoms with E-state index in [1.807, 2.05) is 6.92 Å². The average molecular weight is 530 g/mol. The maximum atomic E-state index is 12.9. The molecule has 2 heterocycles. The molecule has 2 aromatic carbocycles. The van der Waals surface area contributed by atoms with Crippen molar-refractivity contribution < 1.29 is 36.5 Å². The number of imide groups is 2. The molecule has 2 aromatic rings. The van der Waals surface area contributed by atoms with Gasteiger partial charge in [0.05, 0.1) is 29.2 Å². The monoisotopic (exact) mass is 529 g/mol. The summed E-state index contributed by atoms with van der Waals surface area (Å²) in [5.74, 6) is -2.20. The first-order valence-corrected chi connectivity index (χ1v) is 13.2. The summed E-state index contributed by atoms with van der Waals surface area (Å²) in [6.07, 6.45) is 0.759. The largest absolute Gasteiger partial charge is 0.385 e. The highest BCUT2D eigenvalue weighted by Gasteiger charge is 2.44. The Kier molecular flexibility index (Phi) is 8.00. The number of carbonyl (C=O) groups is 4. The normalized spacial score (nSPS) is 17.6. The molecule has 2 aliphatic heterocycles. The number of piperidine rings is 1. The Morgan fingerprint density at radius 3 is 2.43 bits per heavy atom. The number of hydrogen-bond acceptors (Lipinski definition) is 9. The predicted molar refractivity (Wildman–Crippen MR) is 131 cm³/mol. The van der Waals surface area contributed by atoms with Gasteiger partial charge in [-0.15, -0.1) is 0 Å². The molecule has 1 unspecified atom stereocenters. The summed E-state index contributed by atoms with van der Waals surface area (Å²) >= 11 is 0. The Bertz CT molecular complexity index is 1320. The van der Waals surface area contributed by atoms with E-state index < -0.39 is 39.8 Å². The quantitative estimate of drug-likeness (QED) is 0.252. The fourth-order valence-corrected chi connectivity index (χ4v) is 4.96. The number of nitrogens with zero attached hydrogens (tertiary/aromatic N) is 1. The zero-order chi connectivity index (χ0) is 26.6. The third kappa shape index (κ3) is 6.04. The Labute approximate surface area is 214 Å². The van der Waals surface area contributed by atoms with Crippen molar-refractivity contribution in [3.8, 4) is 0 Å². The van der Waals surface area contributed by atoms with Gasteiger partial charge in [0.1, 0.15) is 6.04 Å². The number of benzene rings is 2. The standard InChI is InChI=1S/C25H27N3O8S/c1-16-3-6-18(7-4-16)37(33,34)36-14-13-35-12-2-11-26-17-5-8-19-20(15-17)25(32)28(24(19)31)21-9-10-22(29)27-23(21)30/h3-8,15,21,26H,2,9-14H2,1H3,(H,27,29,30). The van der Waals surface area contributed by atoms with Crippen LogP contribution in [0, 0.1) is 6.92 Å². The third-order valence-corrected chi connectivity index (χ3v) is 7.34. The van der Waals surface area contributed by atoms with Crippen LogP contribution in [-0.2, 0) is 28.6 Å². The maximum absolute atomic E-state index is 12.9. The van der Waals surface area contributed by atoms with Crippen LogP contribution in [0.2, 0.25) is 0 Å². The highest BCUT2D eigenvalue weighted by Crippen LogP contribution is 2.29. The Balaban J connectivity index is 1.19. The van der Waals surface area contributed by atoms with Crippen molar-refractivity contribution in [2.75, 3.05) is 31.7 Å². The molecule has 2 aliphatic rings. The van der Waals surface area contributed by atoms with Crippen molar-refractivity contribution in [3.05, 3.63) is 59.2 Å². The molecule has 0 aliphatic carbocycles. The van der Waals surface area contributed by atoms with E-state index in [4.69, 9.17) is 8.92 Å². The lowest BCUT2D eigenvalue weighted by Crippen LogP contribution is -2.54. The van der Waals surface area contributed by atoms with Crippen molar-refractivity contribution in [2.24, 2.45) is 0 Å². The molecular weight excluding hydrogens is 502 g/mol. The summed E-state index contributed by atoms with van der Waals surface area (Å²) in [6.45, 7) is 2.72. The molecule has 11 nitrogen and oxygen atoms in total. The molecule has 2 N–H and O–H groups in total. The van der Waals surface area contributed by atoms with Crippen molar-refractivity contribution in [1.82, 2.24) is 10.2 Å². The van der Waals surface area contributed by atoms with E-state index >= 15 is 0 Å². The smallest absolute Gasteiger partial charge is 0.297 e. The van der Waals surface area contributed by atoms with Crippen LogP contribution in [0.5, 0.6) is 0 Å². The van der Waals surface area contributed by atoms with Crippen molar-refractivity contribution in [3.63, 3.8) is 0 Å². The summed E-state index contributed by atoms with van der Waals surface area (Å²) in [7, 11) is -3.83. The van der Waals surface area contributed by atoms with Crippen LogP contribution in [0.1, 0.15) is 45.5 Å². The molecule has 4 rings (SSSR count). The number of amides is 4. The minimum absolute atomic E-state index is 0.0629. The minimum atomic E-state index is -3.83. The van der Waals surface area contributed by atoms with Gasteiger partial charge in [-0.05, 0) is 50.1 Å². The Hall–Kier alpha value is -3.61. The number of nitrogens with one attached hydrogen (secondary N) is 2. The molecule has 0 aromatic heterocycles. The number of carbonyl (C=O) groups excluding carboxylic acids is 4. The molecule has 1 saturated heterocycles. The van der Waals surface area contributed by atoms with Crippen molar-refractivity contribution >= 4 is 39.4 Å². The number of anilines is 1. The van der Waals surface area contributed by atoms with Crippen LogP contribution < -0.4 is 10.6 Å². The van der Waals surface area contributed by atoms with Gasteiger partial charge in [-0.1, -0.05) is 17.7 Å². The topological polar surface area (TPSA) is 148 Å². The zero-order valence-electron chi connectivity index (χ0n) is 20.2. The maximum Gasteiger partial charge on any atom is 0.297 e. The van der Waals surface area contributed by atoms with Crippen LogP contribution in [0.15, 0.2) is 47.4 Å². The molecule has 12 heteroatoms. The summed E-state index contributed by atoms with van der Waals surface area (Å²) in [5, 5.41) is 5.32. The number of fused-ring (bicyclic) bond motifs is 1. The lowest BCUT2D eigenvalue weighted by atomic mass is 10.0. The molecule has 0 bridgehead atoms. The van der Waals surface area contributed by atoms with Crippen LogP contribution in [-0.4, -0.2) is 69.4 Å². The summed E-state index contributed by atoms with van der Waals surface area (Å²) in [4.78, 5) is 50.2. The Morgan fingerprint density at radius 2 is 1.70 bits per heavy atom. The molecule has 0 spiro atoms. The summed E-state index contributed by atoms with van der Waals surface area (Å²) in [6, 6.07) is 10.1. The first-order chi connectivity index (χ1) is 17.7. The van der Waals surface area contributed by atoms with Gasteiger partial charge in [0.2, 0.25) is 11.8 Å². The van der Waals surface area contributed by atoms with Crippen LogP contribution in [0.25, 0.3) is 0 Å². The second-order valence-electron chi connectivity index (χ2n) is 8.69. The first kappa shape index (κ1) is 26.5. The van der Waals surface area contributed by atoms with Gasteiger partial charge in [-0.2, -0.15) is 8.42 Å². The second-order valence-corrected chi connectivity index (χ2v) is 10.3. The predicted octanol–water partition coefficient (Wildman–Crippen LogP) is 1.62. The molecular formula is C25H27N3O8S. The van der Waals surface area contributed by atoms with E-state index in [9.17, 15) is 27.6 Å². The highest BCUT2D eigenvalue weighted by atomic mass is 32.2. The first-order valence-electron chi connectivity index (χ1n) is 11.8. The molecule has 4 amide bonds.